The minimum absolute atomic E-state index is 0.0334. The Morgan fingerprint density at radius 3 is 1.68 bits per heavy atom. The topological polar surface area (TPSA) is 17.1 Å². The highest BCUT2D eigenvalue weighted by Crippen LogP contribution is 2.07. The smallest absolute Gasteiger partial charge is 0.193 e. The first-order valence-corrected chi connectivity index (χ1v) is 9.33. The van der Waals surface area contributed by atoms with Crippen molar-refractivity contribution < 1.29 is 4.79 Å². The van der Waals surface area contributed by atoms with Gasteiger partial charge in [-0.15, -0.1) is 0 Å². The lowest BCUT2D eigenvalue weighted by molar-refractivity contribution is 0.103. The maximum absolute atomic E-state index is 13.2. The molecule has 0 N–H and O–H groups in total. The molecule has 0 aliphatic heterocycles. The molecule has 0 heterocycles. The van der Waals surface area contributed by atoms with Crippen molar-refractivity contribution in [3.05, 3.63) is 142 Å². The van der Waals surface area contributed by atoms with Gasteiger partial charge in [0.05, 0.1) is 0 Å². The van der Waals surface area contributed by atoms with Gasteiger partial charge >= 0.3 is 0 Å². The van der Waals surface area contributed by atoms with Gasteiger partial charge in [-0.05, 0) is 33.7 Å². The van der Waals surface area contributed by atoms with Crippen LogP contribution in [-0.2, 0) is 0 Å². The van der Waals surface area contributed by atoms with E-state index in [1.165, 1.54) is 0 Å². The second kappa shape index (κ2) is 8.32. The van der Waals surface area contributed by atoms with Gasteiger partial charge in [0.2, 0.25) is 0 Å². The number of ketones is 1. The summed E-state index contributed by atoms with van der Waals surface area (Å²) in [4.78, 5) is 13.2. The Morgan fingerprint density at radius 2 is 1.07 bits per heavy atom. The SMILES string of the molecule is O=C(c1ccccc1)c1cccc(=Cc2ccccc2)c1=Cc1ccccc1. The molecular formula is C27H20O. The van der Waals surface area contributed by atoms with Gasteiger partial charge in [-0.2, -0.15) is 0 Å². The van der Waals surface area contributed by atoms with Crippen LogP contribution in [0, 0.1) is 0 Å². The van der Waals surface area contributed by atoms with Crippen LogP contribution < -0.4 is 10.4 Å². The third-order valence-corrected chi connectivity index (χ3v) is 4.65. The Labute approximate surface area is 164 Å². The maximum Gasteiger partial charge on any atom is 0.193 e. The zero-order valence-corrected chi connectivity index (χ0v) is 15.5. The largest absolute Gasteiger partial charge is 0.289 e. The quantitative estimate of drug-likeness (QED) is 0.487. The molecule has 0 atom stereocenters. The second-order valence-electron chi connectivity index (χ2n) is 6.61. The molecular weight excluding hydrogens is 340 g/mol. The van der Waals surface area contributed by atoms with E-state index < -0.39 is 0 Å². The molecule has 0 spiro atoms. The van der Waals surface area contributed by atoms with Crippen LogP contribution in [0.3, 0.4) is 0 Å². The lowest BCUT2D eigenvalue weighted by atomic mass is 9.98. The van der Waals surface area contributed by atoms with E-state index in [9.17, 15) is 4.79 Å². The molecule has 0 fully saturated rings. The molecule has 0 radical (unpaired) electrons. The van der Waals surface area contributed by atoms with Crippen LogP contribution in [0.5, 0.6) is 0 Å². The Hall–Kier alpha value is -3.71. The van der Waals surface area contributed by atoms with E-state index in [0.29, 0.717) is 11.1 Å². The van der Waals surface area contributed by atoms with Gasteiger partial charge in [0.15, 0.2) is 5.78 Å². The van der Waals surface area contributed by atoms with Crippen LogP contribution in [-0.4, -0.2) is 5.78 Å². The number of hydrogen-bond acceptors (Lipinski definition) is 1. The summed E-state index contributed by atoms with van der Waals surface area (Å²) in [6.07, 6.45) is 4.21. The van der Waals surface area contributed by atoms with Gasteiger partial charge in [0.1, 0.15) is 0 Å². The Morgan fingerprint density at radius 1 is 0.536 bits per heavy atom. The van der Waals surface area contributed by atoms with Crippen molar-refractivity contribution in [2.75, 3.05) is 0 Å². The molecule has 0 unspecified atom stereocenters. The molecule has 1 heteroatoms. The predicted molar refractivity (Wildman–Crippen MR) is 116 cm³/mol. The van der Waals surface area contributed by atoms with Crippen molar-refractivity contribution in [3.63, 3.8) is 0 Å². The van der Waals surface area contributed by atoms with Crippen molar-refractivity contribution in [2.45, 2.75) is 0 Å². The molecule has 0 aliphatic carbocycles. The predicted octanol–water partition coefficient (Wildman–Crippen LogP) is 4.58. The summed E-state index contributed by atoms with van der Waals surface area (Å²) < 4.78 is 0. The summed E-state index contributed by atoms with van der Waals surface area (Å²) in [5.41, 5.74) is 3.58. The first kappa shape index (κ1) is 17.7. The highest BCUT2D eigenvalue weighted by molar-refractivity contribution is 6.09. The van der Waals surface area contributed by atoms with Gasteiger partial charge < -0.3 is 0 Å². The maximum atomic E-state index is 13.2. The molecule has 0 saturated carbocycles. The zero-order chi connectivity index (χ0) is 19.2. The molecule has 0 amide bonds. The summed E-state index contributed by atoms with van der Waals surface area (Å²) in [7, 11) is 0. The molecule has 4 rings (SSSR count). The summed E-state index contributed by atoms with van der Waals surface area (Å²) in [6.45, 7) is 0. The molecule has 4 aromatic rings. The van der Waals surface area contributed by atoms with Gasteiger partial charge in [-0.1, -0.05) is 109 Å². The van der Waals surface area contributed by atoms with E-state index in [1.54, 1.807) is 0 Å². The van der Waals surface area contributed by atoms with Crippen molar-refractivity contribution in [3.8, 4) is 0 Å². The third-order valence-electron chi connectivity index (χ3n) is 4.65. The van der Waals surface area contributed by atoms with Crippen molar-refractivity contribution in [1.29, 1.82) is 0 Å². The normalized spacial score (nSPS) is 12.1. The number of carbonyl (C=O) groups excluding carboxylic acids is 1. The van der Waals surface area contributed by atoms with Crippen molar-refractivity contribution in [1.82, 2.24) is 0 Å². The fraction of sp³-hybridized carbons (Fsp3) is 0. The number of rotatable bonds is 4. The third kappa shape index (κ3) is 3.99. The molecule has 4 aromatic carbocycles. The van der Waals surface area contributed by atoms with Crippen LogP contribution in [0.2, 0.25) is 0 Å². The summed E-state index contributed by atoms with van der Waals surface area (Å²) >= 11 is 0. The van der Waals surface area contributed by atoms with Crippen LogP contribution in [0.15, 0.2) is 109 Å². The van der Waals surface area contributed by atoms with E-state index in [0.717, 1.165) is 21.6 Å². The second-order valence-corrected chi connectivity index (χ2v) is 6.61. The minimum atomic E-state index is 0.0334. The minimum Gasteiger partial charge on any atom is -0.289 e. The van der Waals surface area contributed by atoms with E-state index in [4.69, 9.17) is 0 Å². The Balaban J connectivity index is 1.97. The number of benzene rings is 4. The van der Waals surface area contributed by atoms with E-state index in [1.807, 2.05) is 78.9 Å². The molecule has 0 aromatic heterocycles. The monoisotopic (exact) mass is 360 g/mol. The molecule has 134 valence electrons. The first-order chi connectivity index (χ1) is 13.8. The lowest BCUT2D eigenvalue weighted by Gasteiger charge is -2.05. The average molecular weight is 360 g/mol. The van der Waals surface area contributed by atoms with E-state index in [2.05, 4.69) is 42.5 Å². The summed E-state index contributed by atoms with van der Waals surface area (Å²) in [6, 6.07) is 35.7. The highest BCUT2D eigenvalue weighted by atomic mass is 16.1. The van der Waals surface area contributed by atoms with Crippen molar-refractivity contribution >= 4 is 17.9 Å². The number of hydrogen-bond donors (Lipinski definition) is 0. The summed E-state index contributed by atoms with van der Waals surface area (Å²) in [5.74, 6) is 0.0334. The zero-order valence-electron chi connectivity index (χ0n) is 15.5. The molecule has 28 heavy (non-hydrogen) atoms. The fourth-order valence-corrected chi connectivity index (χ4v) is 3.26. The molecule has 0 bridgehead atoms. The average Bonchev–Trinajstić information content (AvgIpc) is 2.76. The molecule has 1 nitrogen and oxygen atoms in total. The molecule has 0 saturated heterocycles. The van der Waals surface area contributed by atoms with Gasteiger partial charge in [0, 0.05) is 11.1 Å². The highest BCUT2D eigenvalue weighted by Gasteiger charge is 2.10. The van der Waals surface area contributed by atoms with Crippen LogP contribution in [0.4, 0.5) is 0 Å². The standard InChI is InChI=1S/C27H20O/c28-27(23-15-8-3-9-16-23)25-18-10-17-24(19-21-11-4-1-5-12-21)26(25)20-22-13-6-2-7-14-22/h1-20H. The van der Waals surface area contributed by atoms with Crippen LogP contribution in [0.1, 0.15) is 27.0 Å². The van der Waals surface area contributed by atoms with E-state index in [-0.39, 0.29) is 5.78 Å². The fourth-order valence-electron chi connectivity index (χ4n) is 3.26. The Bertz CT molecular complexity index is 1190. The van der Waals surface area contributed by atoms with Crippen LogP contribution in [0.25, 0.3) is 12.2 Å². The van der Waals surface area contributed by atoms with Crippen molar-refractivity contribution in [2.24, 2.45) is 0 Å². The van der Waals surface area contributed by atoms with Gasteiger partial charge in [-0.3, -0.25) is 4.79 Å². The number of carbonyl (C=O) groups is 1. The van der Waals surface area contributed by atoms with Crippen LogP contribution >= 0.6 is 0 Å². The van der Waals surface area contributed by atoms with Gasteiger partial charge in [0.25, 0.3) is 0 Å². The first-order valence-electron chi connectivity index (χ1n) is 9.33. The van der Waals surface area contributed by atoms with E-state index >= 15 is 0 Å². The molecule has 0 aliphatic rings. The summed E-state index contributed by atoms with van der Waals surface area (Å²) in [5, 5.41) is 1.96. The lowest BCUT2D eigenvalue weighted by Crippen LogP contribution is -2.31. The van der Waals surface area contributed by atoms with Gasteiger partial charge in [-0.25, -0.2) is 0 Å². The Kier molecular flexibility index (Phi) is 5.26.